The van der Waals surface area contributed by atoms with E-state index in [1.54, 1.807) is 6.20 Å². The second kappa shape index (κ2) is 7.40. The van der Waals surface area contributed by atoms with Crippen LogP contribution in [0.25, 0.3) is 33.2 Å². The number of rotatable bonds is 4. The van der Waals surface area contributed by atoms with Crippen molar-refractivity contribution < 1.29 is 0 Å². The number of aromatic amines is 1. The van der Waals surface area contributed by atoms with Crippen LogP contribution in [0.15, 0.2) is 84.0 Å². The van der Waals surface area contributed by atoms with Gasteiger partial charge in [0, 0.05) is 28.8 Å². The van der Waals surface area contributed by atoms with E-state index in [4.69, 9.17) is 4.98 Å². The minimum absolute atomic E-state index is 0.126. The Bertz CT molecular complexity index is 1410. The summed E-state index contributed by atoms with van der Waals surface area (Å²) in [5.74, 6) is 0.501. The van der Waals surface area contributed by atoms with Gasteiger partial charge < -0.3 is 10.3 Å². The molecule has 6 nitrogen and oxygen atoms in total. The quantitative estimate of drug-likeness (QED) is 0.462. The van der Waals surface area contributed by atoms with E-state index in [-0.39, 0.29) is 11.5 Å². The Kier molecular flexibility index (Phi) is 4.44. The molecule has 0 saturated heterocycles. The molecule has 0 bridgehead atoms. The first-order valence-corrected chi connectivity index (χ1v) is 9.75. The molecule has 0 aliphatic carbocycles. The first-order chi connectivity index (χ1) is 14.7. The number of pyridine rings is 2. The molecule has 6 heteroatoms. The summed E-state index contributed by atoms with van der Waals surface area (Å²) in [6.45, 7) is 2.04. The van der Waals surface area contributed by atoms with Crippen molar-refractivity contribution in [2.75, 3.05) is 5.32 Å². The number of fused-ring (bicyclic) bond motifs is 2. The number of benzene rings is 2. The smallest absolute Gasteiger partial charge is 0.194 e. The number of nitrogens with zero attached hydrogens (tertiary/aromatic N) is 3. The third-order valence-corrected chi connectivity index (χ3v) is 5.17. The highest BCUT2D eigenvalue weighted by Crippen LogP contribution is 2.31. The summed E-state index contributed by atoms with van der Waals surface area (Å²) >= 11 is 0. The van der Waals surface area contributed by atoms with Crippen molar-refractivity contribution in [3.05, 3.63) is 95.0 Å². The fraction of sp³-hybridized carbons (Fsp3) is 0.0833. The second-order valence-electron chi connectivity index (χ2n) is 7.14. The van der Waals surface area contributed by atoms with Crippen molar-refractivity contribution >= 4 is 27.8 Å². The first-order valence-electron chi connectivity index (χ1n) is 9.75. The molecule has 0 fully saturated rings. The summed E-state index contributed by atoms with van der Waals surface area (Å²) in [5, 5.41) is 4.91. The first kappa shape index (κ1) is 18.0. The molecular weight excluding hydrogens is 374 g/mol. The fourth-order valence-electron chi connectivity index (χ4n) is 3.69. The van der Waals surface area contributed by atoms with Gasteiger partial charge in [-0.3, -0.25) is 4.79 Å². The van der Waals surface area contributed by atoms with E-state index in [1.807, 2.05) is 43.3 Å². The number of anilines is 1. The number of hydrogen-bond acceptors (Lipinski definition) is 5. The highest BCUT2D eigenvalue weighted by Gasteiger charge is 2.17. The Hall–Kier alpha value is -4.06. The van der Waals surface area contributed by atoms with Crippen LogP contribution in [-0.2, 0) is 0 Å². The van der Waals surface area contributed by atoms with Gasteiger partial charge in [0.2, 0.25) is 0 Å². The van der Waals surface area contributed by atoms with E-state index in [0.29, 0.717) is 16.9 Å². The zero-order valence-electron chi connectivity index (χ0n) is 16.3. The average molecular weight is 393 g/mol. The van der Waals surface area contributed by atoms with Crippen molar-refractivity contribution in [2.45, 2.75) is 13.0 Å². The second-order valence-corrected chi connectivity index (χ2v) is 7.14. The van der Waals surface area contributed by atoms with E-state index in [1.165, 1.54) is 12.4 Å². The summed E-state index contributed by atoms with van der Waals surface area (Å²) in [4.78, 5) is 28.9. The molecule has 0 unspecified atom stereocenters. The summed E-state index contributed by atoms with van der Waals surface area (Å²) in [6, 6.07) is 21.7. The Morgan fingerprint density at radius 3 is 2.63 bits per heavy atom. The third-order valence-electron chi connectivity index (χ3n) is 5.17. The van der Waals surface area contributed by atoms with Gasteiger partial charge in [0.1, 0.15) is 23.2 Å². The molecule has 5 rings (SSSR count). The van der Waals surface area contributed by atoms with Gasteiger partial charge in [0.05, 0.1) is 17.3 Å². The zero-order chi connectivity index (χ0) is 20.5. The third kappa shape index (κ3) is 3.18. The molecule has 3 heterocycles. The van der Waals surface area contributed by atoms with E-state index < -0.39 is 0 Å². The van der Waals surface area contributed by atoms with Crippen LogP contribution >= 0.6 is 0 Å². The van der Waals surface area contributed by atoms with Crippen molar-refractivity contribution in [3.8, 4) is 11.3 Å². The average Bonchev–Trinajstić information content (AvgIpc) is 2.79. The lowest BCUT2D eigenvalue weighted by atomic mass is 9.98. The predicted molar refractivity (Wildman–Crippen MR) is 119 cm³/mol. The molecular formula is C24H19N5O. The van der Waals surface area contributed by atoms with Gasteiger partial charge in [-0.25, -0.2) is 15.0 Å². The topological polar surface area (TPSA) is 83.6 Å². The summed E-state index contributed by atoms with van der Waals surface area (Å²) < 4.78 is 0. The minimum Gasteiger partial charge on any atom is -0.363 e. The van der Waals surface area contributed by atoms with Crippen LogP contribution in [0.5, 0.6) is 0 Å². The molecule has 146 valence electrons. The molecule has 3 aromatic heterocycles. The maximum atomic E-state index is 12.4. The Balaban J connectivity index is 1.65. The monoisotopic (exact) mass is 393 g/mol. The van der Waals surface area contributed by atoms with Crippen LogP contribution in [0.4, 0.5) is 5.82 Å². The van der Waals surface area contributed by atoms with Crippen molar-refractivity contribution in [1.29, 1.82) is 0 Å². The molecule has 5 aromatic rings. The van der Waals surface area contributed by atoms with Gasteiger partial charge in [-0.1, -0.05) is 48.5 Å². The van der Waals surface area contributed by atoms with Gasteiger partial charge in [-0.2, -0.15) is 0 Å². The maximum absolute atomic E-state index is 12.4. The van der Waals surface area contributed by atoms with Crippen molar-refractivity contribution in [2.24, 2.45) is 0 Å². The Morgan fingerprint density at radius 1 is 0.967 bits per heavy atom. The SMILES string of the molecule is C[C@H](Nc1ncnc2[nH]ccc(=O)c12)c1cc2ccccc2nc1-c1ccccc1. The molecule has 2 N–H and O–H groups in total. The Labute approximate surface area is 172 Å². The van der Waals surface area contributed by atoms with Crippen LogP contribution in [0.3, 0.4) is 0 Å². The van der Waals surface area contributed by atoms with Crippen LogP contribution in [0, 0.1) is 0 Å². The summed E-state index contributed by atoms with van der Waals surface area (Å²) in [5.41, 5.74) is 4.29. The van der Waals surface area contributed by atoms with Crippen molar-refractivity contribution in [1.82, 2.24) is 19.9 Å². The van der Waals surface area contributed by atoms with Gasteiger partial charge in [0.25, 0.3) is 0 Å². The number of aromatic nitrogens is 4. The molecule has 0 radical (unpaired) electrons. The summed E-state index contributed by atoms with van der Waals surface area (Å²) in [7, 11) is 0. The molecule has 30 heavy (non-hydrogen) atoms. The molecule has 2 aromatic carbocycles. The number of H-pyrrole nitrogens is 1. The minimum atomic E-state index is -0.144. The predicted octanol–water partition coefficient (Wildman–Crippen LogP) is 4.71. The zero-order valence-corrected chi connectivity index (χ0v) is 16.3. The highest BCUT2D eigenvalue weighted by atomic mass is 16.1. The molecule has 0 aliphatic rings. The van der Waals surface area contributed by atoms with Crippen LogP contribution in [0.2, 0.25) is 0 Å². The molecule has 1 atom stereocenters. The van der Waals surface area contributed by atoms with Gasteiger partial charge in [0.15, 0.2) is 5.43 Å². The maximum Gasteiger partial charge on any atom is 0.194 e. The Morgan fingerprint density at radius 2 is 1.77 bits per heavy atom. The standard InChI is InChI=1S/C24H19N5O/c1-15(28-24-21-20(30)11-12-25-23(21)26-14-27-24)18-13-17-9-5-6-10-19(17)29-22(18)16-7-3-2-4-8-16/h2-15H,1H3,(H2,25,26,27,28,30)/t15-/m0/s1. The van der Waals surface area contributed by atoms with E-state index >= 15 is 0 Å². The highest BCUT2D eigenvalue weighted by molar-refractivity contribution is 5.87. The normalized spacial score (nSPS) is 12.2. The van der Waals surface area contributed by atoms with E-state index in [0.717, 1.165) is 27.7 Å². The van der Waals surface area contributed by atoms with Crippen LogP contribution in [0.1, 0.15) is 18.5 Å². The number of nitrogens with one attached hydrogen (secondary N) is 2. The lowest BCUT2D eigenvalue weighted by Crippen LogP contribution is -2.14. The molecule has 0 amide bonds. The lowest BCUT2D eigenvalue weighted by molar-refractivity contribution is 0.873. The van der Waals surface area contributed by atoms with E-state index in [2.05, 4.69) is 44.5 Å². The summed E-state index contributed by atoms with van der Waals surface area (Å²) in [6.07, 6.45) is 3.04. The van der Waals surface area contributed by atoms with Gasteiger partial charge in [-0.15, -0.1) is 0 Å². The fourth-order valence-corrected chi connectivity index (χ4v) is 3.69. The number of para-hydroxylation sites is 1. The van der Waals surface area contributed by atoms with Gasteiger partial charge in [-0.05, 0) is 19.1 Å². The molecule has 0 saturated carbocycles. The van der Waals surface area contributed by atoms with E-state index in [9.17, 15) is 4.79 Å². The lowest BCUT2D eigenvalue weighted by Gasteiger charge is -2.19. The van der Waals surface area contributed by atoms with Crippen LogP contribution in [-0.4, -0.2) is 19.9 Å². The van der Waals surface area contributed by atoms with Crippen LogP contribution < -0.4 is 10.7 Å². The molecule has 0 aliphatic heterocycles. The van der Waals surface area contributed by atoms with Gasteiger partial charge >= 0.3 is 0 Å². The van der Waals surface area contributed by atoms with Crippen molar-refractivity contribution in [3.63, 3.8) is 0 Å². The molecule has 0 spiro atoms. The largest absolute Gasteiger partial charge is 0.363 e. The number of hydrogen-bond donors (Lipinski definition) is 2.